The smallest absolute Gasteiger partial charge is 0.0156 e. The lowest BCUT2D eigenvalue weighted by atomic mass is 10.1. The van der Waals surface area contributed by atoms with E-state index in [1.165, 1.54) is 0 Å². The zero-order valence-electron chi connectivity index (χ0n) is 4.96. The molecule has 8 heavy (non-hydrogen) atoms. The zero-order valence-corrected chi connectivity index (χ0v) is 6.60. The van der Waals surface area contributed by atoms with Crippen LogP contribution in [0.1, 0.15) is 19.8 Å². The molecule has 0 aromatic rings. The Hall–Kier alpha value is 0.180. The van der Waals surface area contributed by atoms with E-state index in [-0.39, 0.29) is 0 Å². The molecule has 0 aromatic carbocycles. The van der Waals surface area contributed by atoms with Crippen molar-refractivity contribution >= 4 is 35.2 Å². The fourth-order valence-corrected chi connectivity index (χ4v) is 1.03. The summed E-state index contributed by atoms with van der Waals surface area (Å²) < 4.78 is 0. The van der Waals surface area contributed by atoms with Crippen molar-refractivity contribution in [2.45, 2.75) is 19.8 Å². The van der Waals surface area contributed by atoms with Crippen LogP contribution in [0.25, 0.3) is 0 Å². The molecule has 0 amide bonds. The highest BCUT2D eigenvalue weighted by molar-refractivity contribution is 7.80. The molecule has 2 heteroatoms. The van der Waals surface area contributed by atoms with Crippen LogP contribution >= 0.6 is 24.4 Å². The summed E-state index contributed by atoms with van der Waals surface area (Å²) in [6.07, 6.45) is 2.26. The third-order valence-electron chi connectivity index (χ3n) is 0.972. The third-order valence-corrected chi connectivity index (χ3v) is 1.67. The normalized spacial score (nSPS) is 9.25. The molecule has 0 radical (unpaired) electrons. The van der Waals surface area contributed by atoms with E-state index in [1.54, 1.807) is 10.7 Å². The molecule has 0 heterocycles. The van der Waals surface area contributed by atoms with Gasteiger partial charge in [-0.05, 0) is 17.2 Å². The van der Waals surface area contributed by atoms with E-state index < -0.39 is 0 Å². The fraction of sp³-hybridized carbons (Fsp3) is 0.667. The minimum Gasteiger partial charge on any atom is -0.0928 e. The topological polar surface area (TPSA) is 0 Å². The van der Waals surface area contributed by atoms with Crippen LogP contribution in [-0.4, -0.2) is 10.7 Å². The standard InChI is InChI=1S/C6H10S2/c1-2-3-6(4-7)5-8/h4-6H,2-3H2,1H3. The lowest BCUT2D eigenvalue weighted by Crippen LogP contribution is -1.98. The number of hydrogen-bond acceptors (Lipinski definition) is 2. The Bertz CT molecular complexity index is 70.6. The minimum absolute atomic E-state index is 0.380. The molecule has 0 fully saturated rings. The Labute approximate surface area is 61.3 Å². The molecule has 0 N–H and O–H groups in total. The van der Waals surface area contributed by atoms with Gasteiger partial charge in [0, 0.05) is 5.92 Å². The monoisotopic (exact) mass is 146 g/mol. The molecular formula is C6H10S2. The van der Waals surface area contributed by atoms with E-state index in [0.717, 1.165) is 12.8 Å². The van der Waals surface area contributed by atoms with Gasteiger partial charge in [0.15, 0.2) is 0 Å². The molecule has 0 spiro atoms. The number of rotatable bonds is 4. The molecule has 0 saturated carbocycles. The average Bonchev–Trinajstić information content (AvgIpc) is 1.83. The van der Waals surface area contributed by atoms with Crippen LogP contribution in [0.4, 0.5) is 0 Å². The van der Waals surface area contributed by atoms with Crippen LogP contribution in [0.2, 0.25) is 0 Å². The summed E-state index contributed by atoms with van der Waals surface area (Å²) in [5.74, 6) is 0.380. The van der Waals surface area contributed by atoms with Crippen molar-refractivity contribution < 1.29 is 0 Å². The first-order valence-corrected chi connectivity index (χ1v) is 3.70. The summed E-state index contributed by atoms with van der Waals surface area (Å²) in [6, 6.07) is 0. The van der Waals surface area contributed by atoms with Crippen LogP contribution in [0.15, 0.2) is 0 Å². The van der Waals surface area contributed by atoms with Crippen molar-refractivity contribution in [3.63, 3.8) is 0 Å². The second kappa shape index (κ2) is 5.32. The van der Waals surface area contributed by atoms with Crippen LogP contribution in [0.3, 0.4) is 0 Å². The third kappa shape index (κ3) is 3.22. The SMILES string of the molecule is CCCC(C=S)C=S. The van der Waals surface area contributed by atoms with Gasteiger partial charge >= 0.3 is 0 Å². The summed E-state index contributed by atoms with van der Waals surface area (Å²) in [5.41, 5.74) is 0. The predicted octanol–water partition coefficient (Wildman–Crippen LogP) is 2.40. The quantitative estimate of drug-likeness (QED) is 0.559. The molecule has 0 bridgehead atoms. The highest BCUT2D eigenvalue weighted by atomic mass is 32.1. The minimum atomic E-state index is 0.380. The van der Waals surface area contributed by atoms with E-state index in [4.69, 9.17) is 24.4 Å². The van der Waals surface area contributed by atoms with Gasteiger partial charge in [-0.15, -0.1) is 0 Å². The molecule has 0 aliphatic rings. The van der Waals surface area contributed by atoms with Crippen molar-refractivity contribution in [2.24, 2.45) is 5.92 Å². The fourth-order valence-electron chi connectivity index (χ4n) is 0.501. The van der Waals surface area contributed by atoms with E-state index in [2.05, 4.69) is 6.92 Å². The number of thiocarbonyl (C=S) groups is 2. The van der Waals surface area contributed by atoms with Crippen molar-refractivity contribution in [3.8, 4) is 0 Å². The maximum atomic E-state index is 4.72. The molecule has 46 valence electrons. The Morgan fingerprint density at radius 3 is 2.00 bits per heavy atom. The average molecular weight is 146 g/mol. The van der Waals surface area contributed by atoms with Gasteiger partial charge in [-0.2, -0.15) is 0 Å². The highest BCUT2D eigenvalue weighted by Gasteiger charge is 1.95. The Morgan fingerprint density at radius 1 is 1.38 bits per heavy atom. The van der Waals surface area contributed by atoms with Crippen molar-refractivity contribution in [1.29, 1.82) is 0 Å². The van der Waals surface area contributed by atoms with Crippen molar-refractivity contribution in [2.75, 3.05) is 0 Å². The Kier molecular flexibility index (Phi) is 5.44. The van der Waals surface area contributed by atoms with Crippen LogP contribution in [0, 0.1) is 5.92 Å². The van der Waals surface area contributed by atoms with Crippen molar-refractivity contribution in [3.05, 3.63) is 0 Å². The lowest BCUT2D eigenvalue weighted by molar-refractivity contribution is 0.779. The Morgan fingerprint density at radius 2 is 1.88 bits per heavy atom. The van der Waals surface area contributed by atoms with Gasteiger partial charge in [0.25, 0.3) is 0 Å². The molecule has 0 unspecified atom stereocenters. The van der Waals surface area contributed by atoms with Gasteiger partial charge in [0.1, 0.15) is 0 Å². The van der Waals surface area contributed by atoms with Gasteiger partial charge in [-0.1, -0.05) is 37.8 Å². The first-order chi connectivity index (χ1) is 3.85. The first kappa shape index (κ1) is 8.18. The number of hydrogen-bond donors (Lipinski definition) is 0. The summed E-state index contributed by atoms with van der Waals surface area (Å²) in [7, 11) is 0. The second-order valence-corrected chi connectivity index (χ2v) is 2.27. The summed E-state index contributed by atoms with van der Waals surface area (Å²) in [5, 5.41) is 3.47. The van der Waals surface area contributed by atoms with Gasteiger partial charge in [0.05, 0.1) is 0 Å². The molecule has 0 aliphatic carbocycles. The molecule has 0 saturated heterocycles. The van der Waals surface area contributed by atoms with Crippen LogP contribution in [-0.2, 0) is 0 Å². The molecule has 0 atom stereocenters. The first-order valence-electron chi connectivity index (χ1n) is 2.75. The van der Waals surface area contributed by atoms with Gasteiger partial charge in [-0.3, -0.25) is 0 Å². The lowest BCUT2D eigenvalue weighted by Gasteiger charge is -1.98. The summed E-state index contributed by atoms with van der Waals surface area (Å²) >= 11 is 9.43. The maximum Gasteiger partial charge on any atom is 0.0156 e. The summed E-state index contributed by atoms with van der Waals surface area (Å²) in [6.45, 7) is 2.13. The van der Waals surface area contributed by atoms with Gasteiger partial charge in [0.2, 0.25) is 0 Å². The molecule has 0 aromatic heterocycles. The molecule has 0 rings (SSSR count). The summed E-state index contributed by atoms with van der Waals surface area (Å²) in [4.78, 5) is 0. The second-order valence-electron chi connectivity index (χ2n) is 1.72. The largest absolute Gasteiger partial charge is 0.0928 e. The molecule has 0 aliphatic heterocycles. The van der Waals surface area contributed by atoms with Gasteiger partial charge in [-0.25, -0.2) is 0 Å². The van der Waals surface area contributed by atoms with Crippen molar-refractivity contribution in [1.82, 2.24) is 0 Å². The maximum absolute atomic E-state index is 4.72. The Balaban J connectivity index is 3.35. The van der Waals surface area contributed by atoms with E-state index in [1.807, 2.05) is 0 Å². The van der Waals surface area contributed by atoms with Crippen LogP contribution < -0.4 is 0 Å². The van der Waals surface area contributed by atoms with E-state index in [0.29, 0.717) is 5.92 Å². The highest BCUT2D eigenvalue weighted by Crippen LogP contribution is 1.99. The zero-order chi connectivity index (χ0) is 6.41. The molecule has 0 nitrogen and oxygen atoms in total. The van der Waals surface area contributed by atoms with Crippen LogP contribution in [0.5, 0.6) is 0 Å². The van der Waals surface area contributed by atoms with E-state index >= 15 is 0 Å². The molecular weight excluding hydrogens is 136 g/mol. The van der Waals surface area contributed by atoms with Gasteiger partial charge < -0.3 is 0 Å². The predicted molar refractivity (Wildman–Crippen MR) is 45.7 cm³/mol. The van der Waals surface area contributed by atoms with E-state index in [9.17, 15) is 0 Å².